The number of amides is 1. The number of hydrogen-bond acceptors (Lipinski definition) is 6. The molecule has 1 aliphatic rings. The van der Waals surface area contributed by atoms with E-state index in [1.54, 1.807) is 13.8 Å². The number of esters is 1. The number of methoxy groups -OCH3 is 1. The molecule has 2 aromatic rings. The van der Waals surface area contributed by atoms with Gasteiger partial charge < -0.3 is 24.6 Å². The van der Waals surface area contributed by atoms with Crippen LogP contribution in [0.4, 0.5) is 0 Å². The van der Waals surface area contributed by atoms with Gasteiger partial charge in [0.1, 0.15) is 11.5 Å². The van der Waals surface area contributed by atoms with Crippen molar-refractivity contribution in [3.8, 4) is 0 Å². The molecule has 0 bridgehead atoms. The Bertz CT molecular complexity index is 1120. The molecule has 0 aliphatic carbocycles. The highest BCUT2D eigenvalue weighted by Gasteiger charge is 2.46. The number of hydrogen-bond donors (Lipinski definition) is 2. The van der Waals surface area contributed by atoms with Crippen molar-refractivity contribution in [2.24, 2.45) is 0 Å². The van der Waals surface area contributed by atoms with Crippen molar-refractivity contribution < 1.29 is 24.2 Å². The average molecular weight is 518 g/mol. The summed E-state index contributed by atoms with van der Waals surface area (Å²) in [6, 6.07) is 6.57. The molecule has 1 atom stereocenters. The second-order valence-corrected chi connectivity index (χ2v) is 9.23. The van der Waals surface area contributed by atoms with Crippen LogP contribution in [0.1, 0.15) is 45.3 Å². The smallest absolute Gasteiger partial charge is 0.354 e. The number of nitrogens with one attached hydrogen (secondary N) is 1. The third-order valence-electron chi connectivity index (χ3n) is 5.79. The van der Waals surface area contributed by atoms with E-state index in [0.717, 1.165) is 11.0 Å². The van der Waals surface area contributed by atoms with E-state index >= 15 is 0 Å². The van der Waals surface area contributed by atoms with Crippen molar-refractivity contribution in [2.75, 3.05) is 34.3 Å². The first-order chi connectivity index (χ1) is 15.6. The predicted molar refractivity (Wildman–Crippen MR) is 128 cm³/mol. The second-order valence-electron chi connectivity index (χ2n) is 8.32. The van der Waals surface area contributed by atoms with Gasteiger partial charge in [0.2, 0.25) is 0 Å². The number of carbonyl (C=O) groups is 3. The number of halogens is 1. The molecule has 1 aromatic heterocycles. The number of aliphatic hydroxyl groups is 1. The molecule has 1 amide bonds. The Kier molecular flexibility index (Phi) is 7.44. The number of ketones is 1. The molecule has 1 aliphatic heterocycles. The van der Waals surface area contributed by atoms with Crippen LogP contribution in [0.5, 0.6) is 0 Å². The number of Topliss-reactive ketones (excluding diaryl/α,β-unsaturated/α-hetero) is 1. The fourth-order valence-corrected chi connectivity index (χ4v) is 4.47. The summed E-state index contributed by atoms with van der Waals surface area (Å²) < 4.78 is 5.66. The Morgan fingerprint density at radius 2 is 1.85 bits per heavy atom. The zero-order valence-corrected chi connectivity index (χ0v) is 20.9. The predicted octanol–water partition coefficient (Wildman–Crippen LogP) is 3.55. The molecule has 1 saturated heterocycles. The zero-order valence-electron chi connectivity index (χ0n) is 19.4. The fraction of sp³-hybridized carbons (Fsp3) is 0.375. The van der Waals surface area contributed by atoms with Gasteiger partial charge in [-0.05, 0) is 64.2 Å². The number of likely N-dealkylation sites (tertiary alicyclic amines) is 1. The van der Waals surface area contributed by atoms with Crippen LogP contribution >= 0.6 is 15.9 Å². The van der Waals surface area contributed by atoms with Crippen LogP contribution in [-0.2, 0) is 14.3 Å². The SMILES string of the molecule is COC(=O)c1[nH]c(C)c(/C(O)=C2\C(=O)C(=O)N(CCCN(C)C)C2c2ccc(Br)cc2)c1C. The summed E-state index contributed by atoms with van der Waals surface area (Å²) in [5.74, 6) is -2.28. The molecule has 0 saturated carbocycles. The summed E-state index contributed by atoms with van der Waals surface area (Å²) in [6.07, 6.45) is 0.668. The number of carbonyl (C=O) groups excluding carboxylic acids is 3. The monoisotopic (exact) mass is 517 g/mol. The van der Waals surface area contributed by atoms with Gasteiger partial charge >= 0.3 is 5.97 Å². The lowest BCUT2D eigenvalue weighted by Crippen LogP contribution is -2.32. The minimum absolute atomic E-state index is 0.00814. The molecule has 9 heteroatoms. The lowest BCUT2D eigenvalue weighted by molar-refractivity contribution is -0.139. The highest BCUT2D eigenvalue weighted by atomic mass is 79.9. The summed E-state index contributed by atoms with van der Waals surface area (Å²) in [7, 11) is 5.15. The number of aryl methyl sites for hydroxylation is 1. The Hall–Kier alpha value is -2.91. The minimum Gasteiger partial charge on any atom is -0.507 e. The van der Waals surface area contributed by atoms with Crippen molar-refractivity contribution >= 4 is 39.3 Å². The largest absolute Gasteiger partial charge is 0.507 e. The van der Waals surface area contributed by atoms with Crippen LogP contribution in [0.3, 0.4) is 0 Å². The van der Waals surface area contributed by atoms with E-state index < -0.39 is 23.7 Å². The first-order valence-corrected chi connectivity index (χ1v) is 11.3. The molecule has 1 aromatic carbocycles. The van der Waals surface area contributed by atoms with Crippen LogP contribution < -0.4 is 0 Å². The summed E-state index contributed by atoms with van der Waals surface area (Å²) >= 11 is 3.41. The Morgan fingerprint density at radius 3 is 2.42 bits per heavy atom. The van der Waals surface area contributed by atoms with Crippen LogP contribution in [-0.4, -0.2) is 71.8 Å². The van der Waals surface area contributed by atoms with Crippen molar-refractivity contribution in [1.29, 1.82) is 0 Å². The van der Waals surface area contributed by atoms with Gasteiger partial charge in [-0.25, -0.2) is 4.79 Å². The van der Waals surface area contributed by atoms with Gasteiger partial charge in [-0.15, -0.1) is 0 Å². The van der Waals surface area contributed by atoms with Crippen LogP contribution in [0, 0.1) is 13.8 Å². The van der Waals surface area contributed by atoms with Gasteiger partial charge in [0.15, 0.2) is 0 Å². The maximum Gasteiger partial charge on any atom is 0.354 e. The molecule has 8 nitrogen and oxygen atoms in total. The number of H-pyrrole nitrogens is 1. The molecule has 1 fully saturated rings. The Labute approximate surface area is 201 Å². The number of nitrogens with zero attached hydrogens (tertiary/aromatic N) is 2. The third kappa shape index (κ3) is 4.74. The van der Waals surface area contributed by atoms with Crippen LogP contribution in [0.2, 0.25) is 0 Å². The Balaban J connectivity index is 2.17. The van der Waals surface area contributed by atoms with Crippen LogP contribution in [0.15, 0.2) is 34.3 Å². The lowest BCUT2D eigenvalue weighted by Gasteiger charge is -2.26. The molecular formula is C24H28BrN3O5. The second kappa shape index (κ2) is 9.93. The summed E-state index contributed by atoms with van der Waals surface area (Å²) in [4.78, 5) is 44.8. The van der Waals surface area contributed by atoms with Gasteiger partial charge in [-0.3, -0.25) is 9.59 Å². The van der Waals surface area contributed by atoms with Gasteiger partial charge in [0.05, 0.1) is 18.7 Å². The van der Waals surface area contributed by atoms with E-state index in [4.69, 9.17) is 4.74 Å². The van der Waals surface area contributed by atoms with Crippen LogP contribution in [0.25, 0.3) is 5.76 Å². The molecule has 2 N–H and O–H groups in total. The normalized spacial score (nSPS) is 17.8. The number of rotatable bonds is 7. The summed E-state index contributed by atoms with van der Waals surface area (Å²) in [5, 5.41) is 11.3. The number of aliphatic hydroxyl groups excluding tert-OH is 1. The first kappa shape index (κ1) is 24.7. The first-order valence-electron chi connectivity index (χ1n) is 10.5. The highest BCUT2D eigenvalue weighted by molar-refractivity contribution is 9.10. The number of aromatic nitrogens is 1. The van der Waals surface area contributed by atoms with Gasteiger partial charge in [-0.1, -0.05) is 28.1 Å². The fourth-order valence-electron chi connectivity index (χ4n) is 4.21. The van der Waals surface area contributed by atoms with Gasteiger partial charge in [-0.2, -0.15) is 0 Å². The summed E-state index contributed by atoms with van der Waals surface area (Å²) in [6.45, 7) is 4.45. The molecule has 0 radical (unpaired) electrons. The van der Waals surface area contributed by atoms with Gasteiger partial charge in [0, 0.05) is 22.3 Å². The molecule has 3 rings (SSSR count). The van der Waals surface area contributed by atoms with Crippen molar-refractivity contribution in [2.45, 2.75) is 26.3 Å². The molecule has 33 heavy (non-hydrogen) atoms. The quantitative estimate of drug-likeness (QED) is 0.252. The lowest BCUT2D eigenvalue weighted by atomic mass is 9.94. The molecular weight excluding hydrogens is 490 g/mol. The van der Waals surface area contributed by atoms with Crippen molar-refractivity contribution in [3.63, 3.8) is 0 Å². The van der Waals surface area contributed by atoms with E-state index in [0.29, 0.717) is 35.3 Å². The Morgan fingerprint density at radius 1 is 1.21 bits per heavy atom. The molecule has 2 heterocycles. The highest BCUT2D eigenvalue weighted by Crippen LogP contribution is 2.41. The van der Waals surface area contributed by atoms with Gasteiger partial charge in [0.25, 0.3) is 11.7 Å². The third-order valence-corrected chi connectivity index (χ3v) is 6.32. The average Bonchev–Trinajstić information content (AvgIpc) is 3.20. The van der Waals surface area contributed by atoms with E-state index in [-0.39, 0.29) is 17.0 Å². The van der Waals surface area contributed by atoms with E-state index in [1.807, 2.05) is 43.3 Å². The van der Waals surface area contributed by atoms with Crippen molar-refractivity contribution in [3.05, 3.63) is 62.4 Å². The number of aromatic amines is 1. The molecule has 176 valence electrons. The van der Waals surface area contributed by atoms with E-state index in [9.17, 15) is 19.5 Å². The van der Waals surface area contributed by atoms with Crippen molar-refractivity contribution in [1.82, 2.24) is 14.8 Å². The topological polar surface area (TPSA) is 103 Å². The zero-order chi connectivity index (χ0) is 24.4. The minimum atomic E-state index is -0.745. The summed E-state index contributed by atoms with van der Waals surface area (Å²) in [5.41, 5.74) is 2.18. The molecule has 0 spiro atoms. The number of benzene rings is 1. The molecule has 1 unspecified atom stereocenters. The maximum absolute atomic E-state index is 13.2. The standard InChI is InChI=1S/C24H28BrN3O5/c1-13-17(14(2)26-19(13)24(32)33-5)21(29)18-20(15-7-9-16(25)10-8-15)28(23(31)22(18)30)12-6-11-27(3)4/h7-10,20,26,29H,6,11-12H2,1-5H3/b21-18+. The van der Waals surface area contributed by atoms with E-state index in [2.05, 4.69) is 20.9 Å². The number of ether oxygens (including phenoxy) is 1. The van der Waals surface area contributed by atoms with E-state index in [1.165, 1.54) is 12.0 Å². The maximum atomic E-state index is 13.2.